The Morgan fingerprint density at radius 2 is 1.96 bits per heavy atom. The molecule has 1 fully saturated rings. The predicted octanol–water partition coefficient (Wildman–Crippen LogP) is 4.36. The van der Waals surface area contributed by atoms with Crippen molar-refractivity contribution in [1.82, 2.24) is 5.32 Å². The Morgan fingerprint density at radius 1 is 1.26 bits per heavy atom. The van der Waals surface area contributed by atoms with E-state index in [0.717, 1.165) is 24.1 Å². The number of nitrogens with one attached hydrogen (secondary N) is 1. The van der Waals surface area contributed by atoms with E-state index in [1.807, 2.05) is 30.3 Å². The number of rotatable bonds is 4. The number of halogens is 2. The third kappa shape index (κ3) is 3.32. The Balaban J connectivity index is 1.67. The zero-order valence-electron chi connectivity index (χ0n) is 12.9. The normalized spacial score (nSPS) is 15.1. The van der Waals surface area contributed by atoms with Crippen LogP contribution in [0.5, 0.6) is 0 Å². The van der Waals surface area contributed by atoms with Crippen LogP contribution in [-0.4, -0.2) is 19.6 Å². The minimum atomic E-state index is -0.345. The second-order valence-corrected chi connectivity index (χ2v) is 6.36. The fraction of sp³-hybridized carbons (Fsp3) is 0.278. The highest BCUT2D eigenvalue weighted by Crippen LogP contribution is 2.50. The van der Waals surface area contributed by atoms with Crippen LogP contribution in [0.25, 0.3) is 0 Å². The number of carbonyl (C=O) groups is 1. The van der Waals surface area contributed by atoms with Gasteiger partial charge in [0.05, 0.1) is 0 Å². The molecule has 2 aromatic carbocycles. The lowest BCUT2D eigenvalue weighted by Crippen LogP contribution is -2.41. The monoisotopic (exact) mass is 332 g/mol. The summed E-state index contributed by atoms with van der Waals surface area (Å²) in [5.74, 6) is -0.345. The minimum absolute atomic E-state index is 0.166. The van der Waals surface area contributed by atoms with E-state index < -0.39 is 0 Å². The molecule has 1 saturated carbocycles. The molecule has 2 aromatic rings. The Labute approximate surface area is 140 Å². The van der Waals surface area contributed by atoms with Crippen molar-refractivity contribution in [1.29, 1.82) is 0 Å². The molecule has 0 saturated heterocycles. The van der Waals surface area contributed by atoms with E-state index in [9.17, 15) is 9.18 Å². The number of hydrogen-bond donors (Lipinski definition) is 1. The SMILES string of the molecule is CN(C(=O)NCC1(c2ccc(F)cc2Cl)CC1)c1ccccc1. The fourth-order valence-corrected chi connectivity index (χ4v) is 3.11. The van der Waals surface area contributed by atoms with Crippen LogP contribution in [-0.2, 0) is 5.41 Å². The summed E-state index contributed by atoms with van der Waals surface area (Å²) in [7, 11) is 1.73. The van der Waals surface area contributed by atoms with Crippen molar-refractivity contribution >= 4 is 23.3 Å². The van der Waals surface area contributed by atoms with Gasteiger partial charge in [-0.25, -0.2) is 9.18 Å². The van der Waals surface area contributed by atoms with Gasteiger partial charge in [0.1, 0.15) is 5.82 Å². The van der Waals surface area contributed by atoms with Gasteiger partial charge in [0.2, 0.25) is 0 Å². The Morgan fingerprint density at radius 3 is 2.57 bits per heavy atom. The number of anilines is 1. The fourth-order valence-electron chi connectivity index (χ4n) is 2.74. The van der Waals surface area contributed by atoms with Gasteiger partial charge >= 0.3 is 6.03 Å². The molecular formula is C18H18ClFN2O. The van der Waals surface area contributed by atoms with E-state index in [4.69, 9.17) is 11.6 Å². The number of amides is 2. The second kappa shape index (κ2) is 6.20. The molecular weight excluding hydrogens is 315 g/mol. The highest BCUT2D eigenvalue weighted by molar-refractivity contribution is 6.31. The molecule has 0 bridgehead atoms. The Bertz CT molecular complexity index is 716. The van der Waals surface area contributed by atoms with Crippen molar-refractivity contribution in [2.75, 3.05) is 18.5 Å². The van der Waals surface area contributed by atoms with Crippen molar-refractivity contribution < 1.29 is 9.18 Å². The molecule has 1 aliphatic carbocycles. The maximum Gasteiger partial charge on any atom is 0.321 e. The maximum atomic E-state index is 13.2. The molecule has 0 aromatic heterocycles. The van der Waals surface area contributed by atoms with Crippen molar-refractivity contribution in [3.63, 3.8) is 0 Å². The summed E-state index contributed by atoms with van der Waals surface area (Å²) in [5.41, 5.74) is 1.57. The van der Waals surface area contributed by atoms with Gasteiger partial charge in [-0.15, -0.1) is 0 Å². The van der Waals surface area contributed by atoms with E-state index in [2.05, 4.69) is 5.32 Å². The Hall–Kier alpha value is -2.07. The Kier molecular flexibility index (Phi) is 4.26. The van der Waals surface area contributed by atoms with Crippen molar-refractivity contribution in [3.8, 4) is 0 Å². The topological polar surface area (TPSA) is 32.3 Å². The molecule has 0 heterocycles. The first-order chi connectivity index (χ1) is 11.0. The molecule has 3 nitrogen and oxygen atoms in total. The summed E-state index contributed by atoms with van der Waals surface area (Å²) in [6.07, 6.45) is 1.88. The molecule has 1 N–H and O–H groups in total. The average molecular weight is 333 g/mol. The number of para-hydroxylation sites is 1. The summed E-state index contributed by atoms with van der Waals surface area (Å²) in [6.45, 7) is 0.494. The first-order valence-electron chi connectivity index (χ1n) is 7.54. The van der Waals surface area contributed by atoms with E-state index in [1.165, 1.54) is 12.1 Å². The molecule has 0 spiro atoms. The lowest BCUT2D eigenvalue weighted by molar-refractivity contribution is 0.246. The van der Waals surface area contributed by atoms with E-state index >= 15 is 0 Å². The first kappa shape index (κ1) is 15.8. The van der Waals surface area contributed by atoms with Gasteiger partial charge in [0.15, 0.2) is 0 Å². The van der Waals surface area contributed by atoms with Gasteiger partial charge in [-0.1, -0.05) is 35.9 Å². The van der Waals surface area contributed by atoms with Crippen LogP contribution in [0.15, 0.2) is 48.5 Å². The van der Waals surface area contributed by atoms with Crippen LogP contribution in [0.3, 0.4) is 0 Å². The quantitative estimate of drug-likeness (QED) is 0.886. The van der Waals surface area contributed by atoms with Gasteiger partial charge in [0.25, 0.3) is 0 Å². The highest BCUT2D eigenvalue weighted by atomic mass is 35.5. The standard InChI is InChI=1S/C18H18ClFN2O/c1-22(14-5-3-2-4-6-14)17(23)21-12-18(9-10-18)15-8-7-13(20)11-16(15)19/h2-8,11H,9-10,12H2,1H3,(H,21,23). The number of carbonyl (C=O) groups excluding carboxylic acids is 1. The molecule has 0 radical (unpaired) electrons. The van der Waals surface area contributed by atoms with Crippen molar-refractivity contribution in [2.24, 2.45) is 0 Å². The molecule has 5 heteroatoms. The first-order valence-corrected chi connectivity index (χ1v) is 7.92. The number of hydrogen-bond acceptors (Lipinski definition) is 1. The summed E-state index contributed by atoms with van der Waals surface area (Å²) in [6, 6.07) is 13.7. The predicted molar refractivity (Wildman–Crippen MR) is 90.6 cm³/mol. The van der Waals surface area contributed by atoms with Crippen molar-refractivity contribution in [3.05, 3.63) is 64.9 Å². The van der Waals surface area contributed by atoms with E-state index in [1.54, 1.807) is 18.0 Å². The largest absolute Gasteiger partial charge is 0.337 e. The van der Waals surface area contributed by atoms with Crippen LogP contribution < -0.4 is 10.2 Å². The molecule has 2 amide bonds. The summed E-state index contributed by atoms with van der Waals surface area (Å²) < 4.78 is 13.2. The highest BCUT2D eigenvalue weighted by Gasteiger charge is 2.45. The minimum Gasteiger partial charge on any atom is -0.337 e. The van der Waals surface area contributed by atoms with Gasteiger partial charge in [-0.05, 0) is 42.7 Å². The van der Waals surface area contributed by atoms with Gasteiger partial charge in [-0.2, -0.15) is 0 Å². The lowest BCUT2D eigenvalue weighted by Gasteiger charge is -2.22. The molecule has 120 valence electrons. The van der Waals surface area contributed by atoms with E-state index in [0.29, 0.717) is 11.6 Å². The van der Waals surface area contributed by atoms with Crippen molar-refractivity contribution in [2.45, 2.75) is 18.3 Å². The molecule has 1 aliphatic rings. The van der Waals surface area contributed by atoms with Crippen LogP contribution in [0.2, 0.25) is 5.02 Å². The van der Waals surface area contributed by atoms with Gasteiger partial charge in [0, 0.05) is 29.7 Å². The maximum absolute atomic E-state index is 13.2. The molecule has 0 aliphatic heterocycles. The lowest BCUT2D eigenvalue weighted by atomic mass is 9.96. The third-order valence-electron chi connectivity index (χ3n) is 4.38. The molecule has 0 unspecified atom stereocenters. The number of urea groups is 1. The average Bonchev–Trinajstić information content (AvgIpc) is 3.33. The second-order valence-electron chi connectivity index (χ2n) is 5.96. The van der Waals surface area contributed by atoms with Crippen LogP contribution >= 0.6 is 11.6 Å². The summed E-state index contributed by atoms with van der Waals surface area (Å²) in [4.78, 5) is 13.9. The van der Waals surface area contributed by atoms with Gasteiger partial charge in [-0.3, -0.25) is 4.90 Å². The molecule has 23 heavy (non-hydrogen) atoms. The van der Waals surface area contributed by atoms with E-state index in [-0.39, 0.29) is 17.3 Å². The summed E-state index contributed by atoms with van der Waals surface area (Å²) in [5, 5.41) is 3.38. The number of benzene rings is 2. The smallest absolute Gasteiger partial charge is 0.321 e. The van der Waals surface area contributed by atoms with Crippen LogP contribution in [0.4, 0.5) is 14.9 Å². The zero-order valence-corrected chi connectivity index (χ0v) is 13.6. The zero-order chi connectivity index (χ0) is 16.4. The number of nitrogens with zero attached hydrogens (tertiary/aromatic N) is 1. The molecule has 0 atom stereocenters. The van der Waals surface area contributed by atoms with Gasteiger partial charge < -0.3 is 5.32 Å². The third-order valence-corrected chi connectivity index (χ3v) is 4.69. The van der Waals surface area contributed by atoms with Crippen LogP contribution in [0.1, 0.15) is 18.4 Å². The summed E-state index contributed by atoms with van der Waals surface area (Å²) >= 11 is 6.16. The molecule has 3 rings (SSSR count). The van der Waals surface area contributed by atoms with Crippen LogP contribution in [0, 0.1) is 5.82 Å².